The summed E-state index contributed by atoms with van der Waals surface area (Å²) in [6.45, 7) is 0.217. The zero-order valence-electron chi connectivity index (χ0n) is 13.8. The van der Waals surface area contributed by atoms with Crippen molar-refractivity contribution in [3.63, 3.8) is 0 Å². The van der Waals surface area contributed by atoms with Crippen molar-refractivity contribution < 1.29 is 19.2 Å². The second-order valence-electron chi connectivity index (χ2n) is 6.18. The highest BCUT2D eigenvalue weighted by molar-refractivity contribution is 7.13. The van der Waals surface area contributed by atoms with E-state index in [1.54, 1.807) is 7.05 Å². The molecule has 9 heteroatoms. The third-order valence-corrected chi connectivity index (χ3v) is 5.20. The molecule has 1 aliphatic rings. The molecule has 0 bridgehead atoms. The highest BCUT2D eigenvalue weighted by atomic mass is 32.1. The maximum Gasteiger partial charge on any atom is 0.317 e. The number of rotatable bonds is 5. The molecule has 0 aromatic carbocycles. The number of carboxylic acid groups (broad SMARTS) is 1. The molecule has 0 unspecified atom stereocenters. The third kappa shape index (κ3) is 4.36. The Kier molecular flexibility index (Phi) is 5.32. The number of nitrogens with zero attached hydrogens (tertiary/aromatic N) is 3. The number of carboxylic acids is 1. The second kappa shape index (κ2) is 7.64. The van der Waals surface area contributed by atoms with E-state index in [2.05, 4.69) is 15.5 Å². The Morgan fingerprint density at radius 2 is 2.16 bits per heavy atom. The highest BCUT2D eigenvalue weighted by Gasteiger charge is 2.27. The van der Waals surface area contributed by atoms with Gasteiger partial charge in [-0.2, -0.15) is 4.98 Å². The van der Waals surface area contributed by atoms with Crippen molar-refractivity contribution in [3.05, 3.63) is 23.4 Å². The lowest BCUT2D eigenvalue weighted by Gasteiger charge is -2.28. The van der Waals surface area contributed by atoms with Crippen LogP contribution in [-0.4, -0.2) is 45.2 Å². The van der Waals surface area contributed by atoms with Gasteiger partial charge < -0.3 is 19.8 Å². The van der Waals surface area contributed by atoms with Gasteiger partial charge in [-0.25, -0.2) is 4.79 Å². The van der Waals surface area contributed by atoms with Gasteiger partial charge in [0.2, 0.25) is 11.7 Å². The van der Waals surface area contributed by atoms with Gasteiger partial charge in [0.25, 0.3) is 0 Å². The maximum atomic E-state index is 12.3. The molecular weight excluding hydrogens is 344 g/mol. The lowest BCUT2D eigenvalue weighted by Crippen LogP contribution is -2.44. The molecule has 0 spiro atoms. The Bertz CT molecular complexity index is 722. The molecular formula is C16H20N4O4S. The molecule has 3 rings (SSSR count). The summed E-state index contributed by atoms with van der Waals surface area (Å²) in [5.41, 5.74) is 0. The molecule has 0 aliphatic heterocycles. The summed E-state index contributed by atoms with van der Waals surface area (Å²) >= 11 is 1.52. The molecule has 2 aromatic heterocycles. The van der Waals surface area contributed by atoms with E-state index in [0.717, 1.165) is 4.88 Å². The fourth-order valence-electron chi connectivity index (χ4n) is 2.87. The van der Waals surface area contributed by atoms with Gasteiger partial charge in [-0.15, -0.1) is 11.3 Å². The number of urea groups is 1. The number of hydrogen-bond acceptors (Lipinski definition) is 6. The fraction of sp³-hybridized carbons (Fsp3) is 0.500. The molecule has 1 fully saturated rings. The van der Waals surface area contributed by atoms with E-state index in [1.807, 2.05) is 17.5 Å². The SMILES string of the molecule is CN(Cc1nc(-c2cccs2)no1)C(=O)NC1CCC(C(=O)O)CC1. The van der Waals surface area contributed by atoms with Gasteiger partial charge in [0.15, 0.2) is 0 Å². The van der Waals surface area contributed by atoms with Gasteiger partial charge in [-0.3, -0.25) is 4.79 Å². The van der Waals surface area contributed by atoms with E-state index in [0.29, 0.717) is 37.4 Å². The number of nitrogens with one attached hydrogen (secondary N) is 1. The molecule has 1 aliphatic carbocycles. The van der Waals surface area contributed by atoms with Crippen molar-refractivity contribution in [1.82, 2.24) is 20.4 Å². The zero-order valence-corrected chi connectivity index (χ0v) is 14.7. The molecule has 25 heavy (non-hydrogen) atoms. The second-order valence-corrected chi connectivity index (χ2v) is 7.13. The Morgan fingerprint density at radius 1 is 1.40 bits per heavy atom. The molecule has 2 N–H and O–H groups in total. The zero-order chi connectivity index (χ0) is 17.8. The van der Waals surface area contributed by atoms with Crippen LogP contribution in [0, 0.1) is 5.92 Å². The summed E-state index contributed by atoms with van der Waals surface area (Å²) in [6, 6.07) is 3.60. The van der Waals surface area contributed by atoms with Crippen LogP contribution in [-0.2, 0) is 11.3 Å². The van der Waals surface area contributed by atoms with E-state index in [9.17, 15) is 9.59 Å². The first kappa shape index (κ1) is 17.4. The monoisotopic (exact) mass is 364 g/mol. The number of carbonyl (C=O) groups excluding carboxylic acids is 1. The van der Waals surface area contributed by atoms with E-state index < -0.39 is 5.97 Å². The largest absolute Gasteiger partial charge is 0.481 e. The lowest BCUT2D eigenvalue weighted by molar-refractivity contribution is -0.142. The van der Waals surface area contributed by atoms with Gasteiger partial charge in [0.05, 0.1) is 10.8 Å². The van der Waals surface area contributed by atoms with Crippen LogP contribution >= 0.6 is 11.3 Å². The average Bonchev–Trinajstić information content (AvgIpc) is 3.26. The molecule has 0 radical (unpaired) electrons. The molecule has 1 saturated carbocycles. The predicted octanol–water partition coefficient (Wildman–Crippen LogP) is 2.58. The van der Waals surface area contributed by atoms with Crippen LogP contribution in [0.5, 0.6) is 0 Å². The minimum atomic E-state index is -0.750. The van der Waals surface area contributed by atoms with Crippen LogP contribution in [0.2, 0.25) is 0 Å². The Balaban J connectivity index is 1.49. The van der Waals surface area contributed by atoms with Gasteiger partial charge >= 0.3 is 12.0 Å². The number of aromatic nitrogens is 2. The minimum absolute atomic E-state index is 0.00918. The Morgan fingerprint density at radius 3 is 2.80 bits per heavy atom. The Labute approximate surface area is 148 Å². The molecule has 2 heterocycles. The van der Waals surface area contributed by atoms with Gasteiger partial charge in [-0.1, -0.05) is 11.2 Å². The van der Waals surface area contributed by atoms with Gasteiger partial charge in [0, 0.05) is 13.1 Å². The smallest absolute Gasteiger partial charge is 0.317 e. The highest BCUT2D eigenvalue weighted by Crippen LogP contribution is 2.25. The van der Waals surface area contributed by atoms with Gasteiger partial charge in [-0.05, 0) is 37.1 Å². The standard InChI is InChI=1S/C16H20N4O4S/c1-20(9-13-18-14(19-24-13)12-3-2-8-25-12)16(23)17-11-6-4-10(5-7-11)15(21)22/h2-3,8,10-11H,4-7,9H2,1H3,(H,17,23)(H,21,22). The van der Waals surface area contributed by atoms with Crippen LogP contribution in [0.1, 0.15) is 31.6 Å². The summed E-state index contributed by atoms with van der Waals surface area (Å²) < 4.78 is 5.20. The summed E-state index contributed by atoms with van der Waals surface area (Å²) in [4.78, 5) is 29.9. The summed E-state index contributed by atoms with van der Waals surface area (Å²) in [7, 11) is 1.66. The molecule has 2 aromatic rings. The first-order chi connectivity index (χ1) is 12.0. The van der Waals surface area contributed by atoms with Crippen LogP contribution < -0.4 is 5.32 Å². The first-order valence-corrected chi connectivity index (χ1v) is 9.02. The normalized spacial score (nSPS) is 20.2. The van der Waals surface area contributed by atoms with E-state index >= 15 is 0 Å². The van der Waals surface area contributed by atoms with Crippen LogP contribution in [0.25, 0.3) is 10.7 Å². The quantitative estimate of drug-likeness (QED) is 0.844. The molecule has 0 atom stereocenters. The number of carbonyl (C=O) groups is 2. The topological polar surface area (TPSA) is 109 Å². The summed E-state index contributed by atoms with van der Waals surface area (Å²) in [6.07, 6.45) is 2.55. The van der Waals surface area contributed by atoms with E-state index in [-0.39, 0.29) is 24.5 Å². The minimum Gasteiger partial charge on any atom is -0.481 e. The number of thiophene rings is 1. The van der Waals surface area contributed by atoms with Crippen molar-refractivity contribution in [2.45, 2.75) is 38.3 Å². The van der Waals surface area contributed by atoms with Crippen molar-refractivity contribution >= 4 is 23.3 Å². The lowest BCUT2D eigenvalue weighted by atomic mass is 9.86. The third-order valence-electron chi connectivity index (χ3n) is 4.33. The average molecular weight is 364 g/mol. The van der Waals surface area contributed by atoms with Crippen molar-refractivity contribution in [1.29, 1.82) is 0 Å². The van der Waals surface area contributed by atoms with E-state index in [4.69, 9.17) is 9.63 Å². The fourth-order valence-corrected chi connectivity index (χ4v) is 3.52. The molecule has 8 nitrogen and oxygen atoms in total. The van der Waals surface area contributed by atoms with Gasteiger partial charge in [0.1, 0.15) is 6.54 Å². The van der Waals surface area contributed by atoms with Crippen molar-refractivity contribution in [3.8, 4) is 10.7 Å². The Hall–Kier alpha value is -2.42. The van der Waals surface area contributed by atoms with E-state index in [1.165, 1.54) is 16.2 Å². The predicted molar refractivity (Wildman–Crippen MR) is 91.0 cm³/mol. The summed E-state index contributed by atoms with van der Waals surface area (Å²) in [5, 5.41) is 17.8. The molecule has 2 amide bonds. The van der Waals surface area contributed by atoms with Crippen molar-refractivity contribution in [2.24, 2.45) is 5.92 Å². The number of aliphatic carboxylic acids is 1. The van der Waals surface area contributed by atoms with Crippen LogP contribution in [0.4, 0.5) is 4.79 Å². The van der Waals surface area contributed by atoms with Crippen LogP contribution in [0.15, 0.2) is 22.0 Å². The first-order valence-electron chi connectivity index (χ1n) is 8.14. The summed E-state index contributed by atoms with van der Waals surface area (Å²) in [5.74, 6) is -0.152. The number of amides is 2. The molecule has 134 valence electrons. The molecule has 0 saturated heterocycles. The number of hydrogen-bond donors (Lipinski definition) is 2. The maximum absolute atomic E-state index is 12.3. The van der Waals surface area contributed by atoms with Crippen LogP contribution in [0.3, 0.4) is 0 Å². The van der Waals surface area contributed by atoms with Crippen molar-refractivity contribution in [2.75, 3.05) is 7.05 Å².